The lowest BCUT2D eigenvalue weighted by Gasteiger charge is -2.05. The molecule has 118 valence electrons. The highest BCUT2D eigenvalue weighted by Crippen LogP contribution is 2.26. The normalized spacial score (nSPS) is 11.0. The molecule has 2 N–H and O–H groups in total. The fourth-order valence-electron chi connectivity index (χ4n) is 1.85. The van der Waals surface area contributed by atoms with Crippen LogP contribution in [0.2, 0.25) is 0 Å². The second-order valence-corrected chi connectivity index (χ2v) is 5.40. The number of aromatic amines is 1. The van der Waals surface area contributed by atoms with Crippen molar-refractivity contribution in [3.8, 4) is 5.75 Å². The van der Waals surface area contributed by atoms with E-state index in [2.05, 4.69) is 25.7 Å². The third-order valence-corrected chi connectivity index (χ3v) is 3.82. The first-order valence-electron chi connectivity index (χ1n) is 6.85. The molecule has 1 aromatic carbocycles. The number of thioether (sulfide) groups is 1. The maximum Gasteiger partial charge on any atom is 0.240 e. The summed E-state index contributed by atoms with van der Waals surface area (Å²) in [6, 6.07) is 11.5. The van der Waals surface area contributed by atoms with E-state index in [1.807, 2.05) is 24.3 Å². The number of hydrogen-bond acceptors (Lipinski definition) is 7. The molecule has 0 unspecified atom stereocenters. The van der Waals surface area contributed by atoms with Crippen LogP contribution in [0.4, 0.5) is 5.95 Å². The summed E-state index contributed by atoms with van der Waals surface area (Å²) in [6.45, 7) is 0. The fourth-order valence-corrected chi connectivity index (χ4v) is 2.64. The van der Waals surface area contributed by atoms with Gasteiger partial charge < -0.3 is 9.15 Å². The van der Waals surface area contributed by atoms with Crippen molar-refractivity contribution in [1.82, 2.24) is 15.2 Å². The van der Waals surface area contributed by atoms with Crippen LogP contribution < -0.4 is 10.2 Å². The number of para-hydroxylation sites is 1. The van der Waals surface area contributed by atoms with Crippen molar-refractivity contribution in [3.05, 3.63) is 54.0 Å². The lowest BCUT2D eigenvalue weighted by atomic mass is 10.2. The second kappa shape index (κ2) is 7.50. The highest BCUT2D eigenvalue weighted by molar-refractivity contribution is 7.98. The summed E-state index contributed by atoms with van der Waals surface area (Å²) in [5.41, 5.74) is 3.86. The number of furan rings is 1. The van der Waals surface area contributed by atoms with E-state index in [1.54, 1.807) is 31.7 Å². The molecule has 23 heavy (non-hydrogen) atoms. The zero-order valence-electron chi connectivity index (χ0n) is 12.4. The molecule has 0 radical (unpaired) electrons. The molecule has 0 saturated carbocycles. The predicted octanol–water partition coefficient (Wildman–Crippen LogP) is 3.14. The zero-order chi connectivity index (χ0) is 15.9. The van der Waals surface area contributed by atoms with Crippen molar-refractivity contribution in [2.24, 2.45) is 5.10 Å². The van der Waals surface area contributed by atoms with Gasteiger partial charge in [-0.15, -0.1) is 5.10 Å². The van der Waals surface area contributed by atoms with Crippen LogP contribution in [0, 0.1) is 0 Å². The van der Waals surface area contributed by atoms with E-state index in [-0.39, 0.29) is 0 Å². The van der Waals surface area contributed by atoms with E-state index in [9.17, 15) is 0 Å². The van der Waals surface area contributed by atoms with Gasteiger partial charge in [-0.3, -0.25) is 0 Å². The van der Waals surface area contributed by atoms with Crippen molar-refractivity contribution in [2.45, 2.75) is 10.9 Å². The third-order valence-electron chi connectivity index (χ3n) is 2.92. The molecule has 2 heterocycles. The van der Waals surface area contributed by atoms with Crippen molar-refractivity contribution >= 4 is 23.9 Å². The topological polar surface area (TPSA) is 88.3 Å². The van der Waals surface area contributed by atoms with Crippen LogP contribution in [-0.2, 0) is 5.75 Å². The van der Waals surface area contributed by atoms with Gasteiger partial charge in [0.1, 0.15) is 11.5 Å². The Morgan fingerprint density at radius 3 is 3.09 bits per heavy atom. The summed E-state index contributed by atoms with van der Waals surface area (Å²) >= 11 is 1.51. The quantitative estimate of drug-likeness (QED) is 0.393. The number of methoxy groups -OCH3 is 1. The molecule has 0 bridgehead atoms. The average Bonchev–Trinajstić information content (AvgIpc) is 3.25. The number of rotatable bonds is 7. The van der Waals surface area contributed by atoms with Crippen LogP contribution in [0.5, 0.6) is 5.75 Å². The summed E-state index contributed by atoms with van der Waals surface area (Å²) in [5.74, 6) is 2.70. The van der Waals surface area contributed by atoms with Crippen LogP contribution in [-0.4, -0.2) is 28.5 Å². The van der Waals surface area contributed by atoms with Gasteiger partial charge in [-0.05, 0) is 18.2 Å². The first-order valence-corrected chi connectivity index (χ1v) is 7.83. The van der Waals surface area contributed by atoms with Crippen LogP contribution >= 0.6 is 11.8 Å². The van der Waals surface area contributed by atoms with Crippen molar-refractivity contribution < 1.29 is 9.15 Å². The summed E-state index contributed by atoms with van der Waals surface area (Å²) in [5, 5.41) is 11.6. The van der Waals surface area contributed by atoms with Gasteiger partial charge in [0.25, 0.3) is 0 Å². The molecular formula is C15H15N5O2S. The number of hydrazone groups is 1. The Balaban J connectivity index is 1.55. The van der Waals surface area contributed by atoms with Crippen LogP contribution in [0.25, 0.3) is 0 Å². The van der Waals surface area contributed by atoms with Gasteiger partial charge in [0.15, 0.2) is 0 Å². The lowest BCUT2D eigenvalue weighted by Crippen LogP contribution is -1.92. The number of aromatic nitrogens is 3. The first-order chi connectivity index (χ1) is 11.3. The van der Waals surface area contributed by atoms with Gasteiger partial charge in [-0.1, -0.05) is 30.0 Å². The maximum absolute atomic E-state index is 5.33. The SMILES string of the molecule is COc1ccccc1CSc1n[nH]c(N/N=C\c2ccco2)n1. The molecule has 3 aromatic rings. The van der Waals surface area contributed by atoms with Gasteiger partial charge in [-0.2, -0.15) is 10.1 Å². The highest BCUT2D eigenvalue weighted by atomic mass is 32.2. The Hall–Kier alpha value is -2.74. The van der Waals surface area contributed by atoms with E-state index in [0.29, 0.717) is 16.9 Å². The van der Waals surface area contributed by atoms with Crippen LogP contribution in [0.15, 0.2) is 57.3 Å². The molecule has 0 atom stereocenters. The summed E-state index contributed by atoms with van der Waals surface area (Å²) in [6.07, 6.45) is 3.15. The van der Waals surface area contributed by atoms with E-state index in [4.69, 9.17) is 9.15 Å². The number of hydrogen-bond donors (Lipinski definition) is 2. The lowest BCUT2D eigenvalue weighted by molar-refractivity contribution is 0.411. The van der Waals surface area contributed by atoms with E-state index in [1.165, 1.54) is 11.8 Å². The van der Waals surface area contributed by atoms with Gasteiger partial charge in [-0.25, -0.2) is 10.5 Å². The average molecular weight is 329 g/mol. The third kappa shape index (κ3) is 4.13. The predicted molar refractivity (Wildman–Crippen MR) is 88.9 cm³/mol. The largest absolute Gasteiger partial charge is 0.496 e. The molecule has 7 nitrogen and oxygen atoms in total. The molecule has 0 fully saturated rings. The molecule has 8 heteroatoms. The highest BCUT2D eigenvalue weighted by Gasteiger charge is 2.06. The van der Waals surface area contributed by atoms with Crippen molar-refractivity contribution in [1.29, 1.82) is 0 Å². The number of benzene rings is 1. The molecule has 0 spiro atoms. The first kappa shape index (κ1) is 15.2. The molecule has 0 saturated heterocycles. The molecule has 0 amide bonds. The Morgan fingerprint density at radius 2 is 2.26 bits per heavy atom. The van der Waals surface area contributed by atoms with Gasteiger partial charge in [0.2, 0.25) is 11.1 Å². The number of nitrogens with zero attached hydrogens (tertiary/aromatic N) is 3. The zero-order valence-corrected chi connectivity index (χ0v) is 13.2. The molecular weight excluding hydrogens is 314 g/mol. The Labute approximate surface area is 137 Å². The summed E-state index contributed by atoms with van der Waals surface area (Å²) < 4.78 is 10.5. The number of H-pyrrole nitrogens is 1. The number of ether oxygens (including phenoxy) is 1. The van der Waals surface area contributed by atoms with Gasteiger partial charge in [0, 0.05) is 11.3 Å². The monoisotopic (exact) mass is 329 g/mol. The van der Waals surface area contributed by atoms with Crippen LogP contribution in [0.1, 0.15) is 11.3 Å². The van der Waals surface area contributed by atoms with E-state index in [0.717, 1.165) is 17.1 Å². The standard InChI is InChI=1S/C15H15N5O2S/c1-21-13-7-3-2-5-11(13)10-23-15-17-14(19-20-15)18-16-9-12-6-4-8-22-12/h2-9H,10H2,1H3,(H2,17,18,19,20)/b16-9-. The van der Waals surface area contributed by atoms with E-state index < -0.39 is 0 Å². The van der Waals surface area contributed by atoms with Gasteiger partial charge >= 0.3 is 0 Å². The number of anilines is 1. The minimum absolute atomic E-state index is 0.468. The van der Waals surface area contributed by atoms with Crippen LogP contribution in [0.3, 0.4) is 0 Å². The van der Waals surface area contributed by atoms with E-state index >= 15 is 0 Å². The maximum atomic E-state index is 5.33. The van der Waals surface area contributed by atoms with Crippen molar-refractivity contribution in [2.75, 3.05) is 12.5 Å². The summed E-state index contributed by atoms with van der Waals surface area (Å²) in [4.78, 5) is 4.30. The van der Waals surface area contributed by atoms with Crippen molar-refractivity contribution in [3.63, 3.8) is 0 Å². The Morgan fingerprint density at radius 1 is 1.35 bits per heavy atom. The van der Waals surface area contributed by atoms with Gasteiger partial charge in [0.05, 0.1) is 19.6 Å². The minimum Gasteiger partial charge on any atom is -0.496 e. The smallest absolute Gasteiger partial charge is 0.240 e. The summed E-state index contributed by atoms with van der Waals surface area (Å²) in [7, 11) is 1.66. The fraction of sp³-hybridized carbons (Fsp3) is 0.133. The Kier molecular flexibility index (Phi) is 4.95. The number of nitrogens with one attached hydrogen (secondary N) is 2. The molecule has 0 aliphatic rings. The molecule has 3 rings (SSSR count). The second-order valence-electron chi connectivity index (χ2n) is 4.45. The molecule has 2 aromatic heterocycles. The minimum atomic E-state index is 0.468. The molecule has 0 aliphatic carbocycles. The Bertz CT molecular complexity index is 770. The molecule has 0 aliphatic heterocycles.